The molecule has 2 aromatic rings. The van der Waals surface area contributed by atoms with Gasteiger partial charge in [0.15, 0.2) is 0 Å². The highest BCUT2D eigenvalue weighted by molar-refractivity contribution is 5.94. The molecule has 0 saturated carbocycles. The Balaban J connectivity index is 1.75. The number of benzene rings is 1. The summed E-state index contributed by atoms with van der Waals surface area (Å²) in [5.74, 6) is -2.08. The minimum Gasteiger partial charge on any atom is -0.348 e. The predicted molar refractivity (Wildman–Crippen MR) is 87.2 cm³/mol. The first kappa shape index (κ1) is 16.3. The predicted octanol–water partition coefficient (Wildman–Crippen LogP) is 2.67. The van der Waals surface area contributed by atoms with Crippen molar-refractivity contribution >= 4 is 11.5 Å². The van der Waals surface area contributed by atoms with E-state index in [0.29, 0.717) is 0 Å². The van der Waals surface area contributed by atoms with Crippen LogP contribution in [0, 0.1) is 11.6 Å². The molecule has 2 N–H and O–H groups in total. The lowest BCUT2D eigenvalue weighted by Gasteiger charge is -2.16. The molecule has 0 fully saturated rings. The van der Waals surface area contributed by atoms with Gasteiger partial charge in [-0.1, -0.05) is 12.1 Å². The first-order chi connectivity index (χ1) is 11.6. The SMILES string of the molecule is O=C(NCc1cccnc1C1=CCNCC1)c1cc(F)cc(F)c1. The van der Waals surface area contributed by atoms with Crippen LogP contribution in [0.1, 0.15) is 28.0 Å². The quantitative estimate of drug-likeness (QED) is 0.907. The molecule has 0 saturated heterocycles. The molecule has 1 aromatic carbocycles. The topological polar surface area (TPSA) is 54.0 Å². The first-order valence-electron chi connectivity index (χ1n) is 7.72. The Bertz CT molecular complexity index is 769. The summed E-state index contributed by atoms with van der Waals surface area (Å²) >= 11 is 0. The number of rotatable bonds is 4. The molecule has 1 amide bonds. The van der Waals surface area contributed by atoms with Gasteiger partial charge in [0.2, 0.25) is 0 Å². The lowest BCUT2D eigenvalue weighted by molar-refractivity contribution is 0.0950. The van der Waals surface area contributed by atoms with Crippen molar-refractivity contribution in [3.8, 4) is 0 Å². The van der Waals surface area contributed by atoms with Gasteiger partial charge >= 0.3 is 0 Å². The summed E-state index contributed by atoms with van der Waals surface area (Å²) in [6.45, 7) is 1.92. The second-order valence-corrected chi connectivity index (χ2v) is 5.54. The van der Waals surface area contributed by atoms with Gasteiger partial charge < -0.3 is 10.6 Å². The fourth-order valence-corrected chi connectivity index (χ4v) is 2.67. The molecule has 0 radical (unpaired) electrons. The molecule has 4 nitrogen and oxygen atoms in total. The number of carbonyl (C=O) groups excluding carboxylic acids is 1. The molecular formula is C18H17F2N3O. The molecule has 6 heteroatoms. The second-order valence-electron chi connectivity index (χ2n) is 5.54. The van der Waals surface area contributed by atoms with Gasteiger partial charge in [0.1, 0.15) is 11.6 Å². The molecule has 0 bridgehead atoms. The summed E-state index contributed by atoms with van der Waals surface area (Å²) in [7, 11) is 0. The largest absolute Gasteiger partial charge is 0.348 e. The van der Waals surface area contributed by atoms with Crippen LogP contribution in [0.25, 0.3) is 5.57 Å². The third kappa shape index (κ3) is 3.83. The third-order valence-corrected chi connectivity index (χ3v) is 3.82. The number of nitrogens with zero attached hydrogens (tertiary/aromatic N) is 1. The molecule has 2 heterocycles. The number of hydrogen-bond acceptors (Lipinski definition) is 3. The smallest absolute Gasteiger partial charge is 0.251 e. The van der Waals surface area contributed by atoms with E-state index in [4.69, 9.17) is 0 Å². The van der Waals surface area contributed by atoms with Crippen molar-refractivity contribution in [3.05, 3.63) is 71.1 Å². The Hall–Kier alpha value is -2.60. The van der Waals surface area contributed by atoms with E-state index in [1.807, 2.05) is 6.07 Å². The van der Waals surface area contributed by atoms with Crippen molar-refractivity contribution < 1.29 is 13.6 Å². The Morgan fingerprint density at radius 2 is 2.04 bits per heavy atom. The summed E-state index contributed by atoms with van der Waals surface area (Å²) in [5.41, 5.74) is 2.81. The maximum Gasteiger partial charge on any atom is 0.251 e. The van der Waals surface area contributed by atoms with E-state index < -0.39 is 17.5 Å². The number of pyridine rings is 1. The highest BCUT2D eigenvalue weighted by Crippen LogP contribution is 2.21. The van der Waals surface area contributed by atoms with E-state index in [9.17, 15) is 13.6 Å². The minimum atomic E-state index is -0.776. The normalized spacial score (nSPS) is 14.2. The third-order valence-electron chi connectivity index (χ3n) is 3.82. The van der Waals surface area contributed by atoms with Crippen molar-refractivity contribution in [2.45, 2.75) is 13.0 Å². The lowest BCUT2D eigenvalue weighted by atomic mass is 10.0. The standard InChI is InChI=1S/C18H17F2N3O/c19-15-8-14(9-16(20)10-15)18(24)23-11-13-2-1-5-22-17(13)12-3-6-21-7-4-12/h1-3,5,8-10,21H,4,6-7,11H2,(H,23,24). The van der Waals surface area contributed by atoms with E-state index in [-0.39, 0.29) is 12.1 Å². The van der Waals surface area contributed by atoms with Crippen molar-refractivity contribution in [2.75, 3.05) is 13.1 Å². The van der Waals surface area contributed by atoms with Crippen LogP contribution >= 0.6 is 0 Å². The fourth-order valence-electron chi connectivity index (χ4n) is 2.67. The monoisotopic (exact) mass is 329 g/mol. The Morgan fingerprint density at radius 1 is 1.25 bits per heavy atom. The summed E-state index contributed by atoms with van der Waals surface area (Å²) in [5, 5.41) is 5.94. The number of carbonyl (C=O) groups is 1. The number of aromatic nitrogens is 1. The Kier molecular flexibility index (Phi) is 4.96. The van der Waals surface area contributed by atoms with Gasteiger partial charge in [-0.3, -0.25) is 9.78 Å². The molecule has 1 aliphatic rings. The average Bonchev–Trinajstić information content (AvgIpc) is 2.60. The highest BCUT2D eigenvalue weighted by Gasteiger charge is 2.13. The van der Waals surface area contributed by atoms with Gasteiger partial charge in [-0.2, -0.15) is 0 Å². The maximum atomic E-state index is 13.2. The maximum absolute atomic E-state index is 13.2. The van der Waals surface area contributed by atoms with Gasteiger partial charge in [0.25, 0.3) is 5.91 Å². The van der Waals surface area contributed by atoms with Crippen LogP contribution in [0.15, 0.2) is 42.6 Å². The van der Waals surface area contributed by atoms with Crippen molar-refractivity contribution in [3.63, 3.8) is 0 Å². The Morgan fingerprint density at radius 3 is 2.75 bits per heavy atom. The van der Waals surface area contributed by atoms with E-state index >= 15 is 0 Å². The molecule has 3 rings (SSSR count). The van der Waals surface area contributed by atoms with Gasteiger partial charge in [-0.25, -0.2) is 8.78 Å². The summed E-state index contributed by atoms with van der Waals surface area (Å²) in [4.78, 5) is 16.5. The average molecular weight is 329 g/mol. The van der Waals surface area contributed by atoms with Crippen LogP contribution in [0.4, 0.5) is 8.78 Å². The van der Waals surface area contributed by atoms with E-state index in [1.54, 1.807) is 12.3 Å². The number of halogens is 2. The molecule has 1 aromatic heterocycles. The van der Waals surface area contributed by atoms with Crippen LogP contribution < -0.4 is 10.6 Å². The van der Waals surface area contributed by atoms with Crippen LogP contribution in [-0.2, 0) is 6.54 Å². The van der Waals surface area contributed by atoms with Crippen LogP contribution in [0.5, 0.6) is 0 Å². The molecule has 0 atom stereocenters. The van der Waals surface area contributed by atoms with E-state index in [1.165, 1.54) is 0 Å². The second kappa shape index (κ2) is 7.31. The highest BCUT2D eigenvalue weighted by atomic mass is 19.1. The summed E-state index contributed by atoms with van der Waals surface area (Å²) in [6.07, 6.45) is 4.66. The Labute approximate surface area is 138 Å². The molecule has 124 valence electrons. The van der Waals surface area contributed by atoms with Crippen molar-refractivity contribution in [2.24, 2.45) is 0 Å². The molecule has 0 unspecified atom stereocenters. The molecule has 0 aliphatic carbocycles. The summed E-state index contributed by atoms with van der Waals surface area (Å²) < 4.78 is 26.4. The van der Waals surface area contributed by atoms with Crippen LogP contribution in [-0.4, -0.2) is 24.0 Å². The van der Waals surface area contributed by atoms with Crippen LogP contribution in [0.2, 0.25) is 0 Å². The number of amides is 1. The minimum absolute atomic E-state index is 0.0426. The summed E-state index contributed by atoms with van der Waals surface area (Å²) in [6, 6.07) is 6.45. The van der Waals surface area contributed by atoms with Crippen molar-refractivity contribution in [1.82, 2.24) is 15.6 Å². The van der Waals surface area contributed by atoms with Gasteiger partial charge in [0.05, 0.1) is 5.69 Å². The molecular weight excluding hydrogens is 312 g/mol. The van der Waals surface area contributed by atoms with E-state index in [2.05, 4.69) is 21.7 Å². The zero-order chi connectivity index (χ0) is 16.9. The van der Waals surface area contributed by atoms with Gasteiger partial charge in [-0.15, -0.1) is 0 Å². The lowest BCUT2D eigenvalue weighted by Crippen LogP contribution is -2.25. The molecule has 1 aliphatic heterocycles. The first-order valence-corrected chi connectivity index (χ1v) is 7.72. The van der Waals surface area contributed by atoms with Crippen molar-refractivity contribution in [1.29, 1.82) is 0 Å². The zero-order valence-corrected chi connectivity index (χ0v) is 13.0. The number of hydrogen-bond donors (Lipinski definition) is 2. The van der Waals surface area contributed by atoms with Gasteiger partial charge in [0, 0.05) is 30.9 Å². The zero-order valence-electron chi connectivity index (χ0n) is 13.0. The number of nitrogens with one attached hydrogen (secondary N) is 2. The van der Waals surface area contributed by atoms with Crippen LogP contribution in [0.3, 0.4) is 0 Å². The molecule has 0 spiro atoms. The molecule has 24 heavy (non-hydrogen) atoms. The van der Waals surface area contributed by atoms with E-state index in [0.717, 1.165) is 54.5 Å². The van der Waals surface area contributed by atoms with Gasteiger partial charge in [-0.05, 0) is 42.3 Å². The fraction of sp³-hybridized carbons (Fsp3) is 0.222.